The summed E-state index contributed by atoms with van der Waals surface area (Å²) < 4.78 is 10.6. The number of fused-ring (bicyclic) bond motifs is 1. The molecule has 0 unspecified atom stereocenters. The van der Waals surface area contributed by atoms with Crippen LogP contribution in [0.25, 0.3) is 0 Å². The number of nitrogens with zero attached hydrogens (tertiary/aromatic N) is 1. The number of nitrogens with two attached hydrogens (primary N) is 1. The lowest BCUT2D eigenvalue weighted by molar-refractivity contribution is 0.164. The van der Waals surface area contributed by atoms with E-state index in [-0.39, 0.29) is 0 Å². The normalized spacial score (nSPS) is 14.4. The topological polar surface area (TPSA) is 57.4 Å². The SMILES string of the molecule is Cc1nc2c(cc1N)OCCO2. The zero-order valence-corrected chi connectivity index (χ0v) is 6.83. The number of pyridine rings is 1. The van der Waals surface area contributed by atoms with Crippen molar-refractivity contribution in [2.75, 3.05) is 18.9 Å². The van der Waals surface area contributed by atoms with Crippen LogP contribution in [0, 0.1) is 6.92 Å². The van der Waals surface area contributed by atoms with Gasteiger partial charge < -0.3 is 15.2 Å². The molecule has 0 amide bonds. The smallest absolute Gasteiger partial charge is 0.257 e. The van der Waals surface area contributed by atoms with E-state index in [0.717, 1.165) is 5.69 Å². The summed E-state index contributed by atoms with van der Waals surface area (Å²) >= 11 is 0. The van der Waals surface area contributed by atoms with Crippen LogP contribution in [-0.4, -0.2) is 18.2 Å². The quantitative estimate of drug-likeness (QED) is 0.617. The number of rotatable bonds is 0. The van der Waals surface area contributed by atoms with Crippen molar-refractivity contribution >= 4 is 5.69 Å². The zero-order chi connectivity index (χ0) is 8.55. The van der Waals surface area contributed by atoms with E-state index in [1.807, 2.05) is 6.92 Å². The van der Waals surface area contributed by atoms with Crippen LogP contribution in [0.2, 0.25) is 0 Å². The molecule has 2 N–H and O–H groups in total. The monoisotopic (exact) mass is 166 g/mol. The Balaban J connectivity index is 2.49. The second kappa shape index (κ2) is 2.55. The molecule has 0 radical (unpaired) electrons. The minimum Gasteiger partial charge on any atom is -0.484 e. The Morgan fingerprint density at radius 1 is 1.42 bits per heavy atom. The highest BCUT2D eigenvalue weighted by molar-refractivity contribution is 5.51. The summed E-state index contributed by atoms with van der Waals surface area (Å²) in [6, 6.07) is 1.75. The lowest BCUT2D eigenvalue weighted by Gasteiger charge is -2.17. The van der Waals surface area contributed by atoms with Crippen molar-refractivity contribution in [2.24, 2.45) is 0 Å². The zero-order valence-electron chi connectivity index (χ0n) is 6.83. The number of aryl methyl sites for hydroxylation is 1. The third-order valence-electron chi connectivity index (χ3n) is 1.76. The van der Waals surface area contributed by atoms with Gasteiger partial charge in [-0.3, -0.25) is 0 Å². The first-order chi connectivity index (χ1) is 5.77. The summed E-state index contributed by atoms with van der Waals surface area (Å²) in [7, 11) is 0. The number of nitrogen functional groups attached to an aromatic ring is 1. The molecule has 1 aliphatic rings. The van der Waals surface area contributed by atoms with Crippen LogP contribution in [0.3, 0.4) is 0 Å². The third kappa shape index (κ3) is 1.05. The molecule has 2 rings (SSSR count). The maximum Gasteiger partial charge on any atom is 0.257 e. The van der Waals surface area contributed by atoms with Crippen LogP contribution in [0.1, 0.15) is 5.69 Å². The average Bonchev–Trinajstić information content (AvgIpc) is 2.07. The van der Waals surface area contributed by atoms with E-state index in [2.05, 4.69) is 4.98 Å². The fourth-order valence-electron chi connectivity index (χ4n) is 1.08. The van der Waals surface area contributed by atoms with Gasteiger partial charge in [-0.2, -0.15) is 0 Å². The van der Waals surface area contributed by atoms with Gasteiger partial charge in [0.1, 0.15) is 13.2 Å². The van der Waals surface area contributed by atoms with Crippen molar-refractivity contribution in [2.45, 2.75) is 6.92 Å². The predicted octanol–water partition coefficient (Wildman–Crippen LogP) is 0.743. The van der Waals surface area contributed by atoms with Gasteiger partial charge in [-0.15, -0.1) is 0 Å². The Labute approximate surface area is 70.3 Å². The van der Waals surface area contributed by atoms with Gasteiger partial charge >= 0.3 is 0 Å². The van der Waals surface area contributed by atoms with Gasteiger partial charge in [0, 0.05) is 6.07 Å². The first kappa shape index (κ1) is 7.21. The molecule has 1 aromatic heterocycles. The lowest BCUT2D eigenvalue weighted by Crippen LogP contribution is -2.17. The molecule has 1 aromatic rings. The maximum atomic E-state index is 5.65. The highest BCUT2D eigenvalue weighted by atomic mass is 16.6. The summed E-state index contributed by atoms with van der Waals surface area (Å²) in [4.78, 5) is 4.14. The van der Waals surface area contributed by atoms with Gasteiger partial charge in [-0.05, 0) is 6.92 Å². The standard InChI is InChI=1S/C8H10N2O2/c1-5-6(9)4-7-8(10-5)12-3-2-11-7/h4H,2-3,9H2,1H3. The summed E-state index contributed by atoms with van der Waals surface area (Å²) in [6.07, 6.45) is 0. The lowest BCUT2D eigenvalue weighted by atomic mass is 10.3. The Bertz CT molecular complexity index is 281. The van der Waals surface area contributed by atoms with Crippen LogP contribution >= 0.6 is 0 Å². The van der Waals surface area contributed by atoms with E-state index in [0.29, 0.717) is 30.5 Å². The summed E-state index contributed by atoms with van der Waals surface area (Å²) in [6.45, 7) is 2.97. The second-order valence-electron chi connectivity index (χ2n) is 2.66. The molecule has 12 heavy (non-hydrogen) atoms. The summed E-state index contributed by atoms with van der Waals surface area (Å²) in [5, 5.41) is 0. The molecule has 0 bridgehead atoms. The van der Waals surface area contributed by atoms with Crippen molar-refractivity contribution in [1.29, 1.82) is 0 Å². The van der Waals surface area contributed by atoms with Crippen LogP contribution in [0.5, 0.6) is 11.6 Å². The molecule has 0 saturated carbocycles. The Hall–Kier alpha value is -1.45. The van der Waals surface area contributed by atoms with E-state index in [1.165, 1.54) is 0 Å². The van der Waals surface area contributed by atoms with Gasteiger partial charge in [0.15, 0.2) is 5.75 Å². The number of ether oxygens (including phenoxy) is 2. The fourth-order valence-corrected chi connectivity index (χ4v) is 1.08. The molecule has 64 valence electrons. The van der Waals surface area contributed by atoms with Crippen LogP contribution in [0.4, 0.5) is 5.69 Å². The van der Waals surface area contributed by atoms with Crippen molar-refractivity contribution < 1.29 is 9.47 Å². The van der Waals surface area contributed by atoms with E-state index in [4.69, 9.17) is 15.2 Å². The summed E-state index contributed by atoms with van der Waals surface area (Å²) in [5.41, 5.74) is 7.06. The van der Waals surface area contributed by atoms with E-state index in [1.54, 1.807) is 6.07 Å². The average molecular weight is 166 g/mol. The molecule has 4 nitrogen and oxygen atoms in total. The van der Waals surface area contributed by atoms with E-state index >= 15 is 0 Å². The summed E-state index contributed by atoms with van der Waals surface area (Å²) in [5.74, 6) is 1.19. The molecule has 4 heteroatoms. The minimum absolute atomic E-state index is 0.549. The molecule has 0 aromatic carbocycles. The molecule has 0 saturated heterocycles. The third-order valence-corrected chi connectivity index (χ3v) is 1.76. The molecule has 0 aliphatic carbocycles. The minimum atomic E-state index is 0.549. The van der Waals surface area contributed by atoms with Crippen molar-refractivity contribution in [3.05, 3.63) is 11.8 Å². The van der Waals surface area contributed by atoms with Gasteiger partial charge in [0.05, 0.1) is 11.4 Å². The number of anilines is 1. The first-order valence-electron chi connectivity index (χ1n) is 3.80. The molecule has 2 heterocycles. The van der Waals surface area contributed by atoms with Gasteiger partial charge in [-0.1, -0.05) is 0 Å². The second-order valence-corrected chi connectivity index (χ2v) is 2.66. The van der Waals surface area contributed by atoms with Gasteiger partial charge in [0.25, 0.3) is 5.88 Å². The Kier molecular flexibility index (Phi) is 1.53. The van der Waals surface area contributed by atoms with Gasteiger partial charge in [0.2, 0.25) is 0 Å². The van der Waals surface area contributed by atoms with Crippen molar-refractivity contribution in [1.82, 2.24) is 4.98 Å². The first-order valence-corrected chi connectivity index (χ1v) is 3.80. The molecular formula is C8H10N2O2. The molecule has 1 aliphatic heterocycles. The molecule has 0 spiro atoms. The van der Waals surface area contributed by atoms with Crippen molar-refractivity contribution in [3.63, 3.8) is 0 Å². The predicted molar refractivity (Wildman–Crippen MR) is 44.4 cm³/mol. The highest BCUT2D eigenvalue weighted by Gasteiger charge is 2.14. The van der Waals surface area contributed by atoms with E-state index in [9.17, 15) is 0 Å². The van der Waals surface area contributed by atoms with Crippen LogP contribution in [0.15, 0.2) is 6.07 Å². The van der Waals surface area contributed by atoms with Crippen LogP contribution < -0.4 is 15.2 Å². The van der Waals surface area contributed by atoms with Crippen LogP contribution in [-0.2, 0) is 0 Å². The maximum absolute atomic E-state index is 5.65. The Morgan fingerprint density at radius 2 is 2.17 bits per heavy atom. The fraction of sp³-hybridized carbons (Fsp3) is 0.375. The van der Waals surface area contributed by atoms with Gasteiger partial charge in [-0.25, -0.2) is 4.98 Å². The Morgan fingerprint density at radius 3 is 3.00 bits per heavy atom. The largest absolute Gasteiger partial charge is 0.484 e. The van der Waals surface area contributed by atoms with E-state index < -0.39 is 0 Å². The number of hydrogen-bond donors (Lipinski definition) is 1. The number of aromatic nitrogens is 1. The highest BCUT2D eigenvalue weighted by Crippen LogP contribution is 2.30. The number of hydrogen-bond acceptors (Lipinski definition) is 4. The van der Waals surface area contributed by atoms with Crippen molar-refractivity contribution in [3.8, 4) is 11.6 Å². The molecule has 0 fully saturated rings. The molecule has 0 atom stereocenters. The molecular weight excluding hydrogens is 156 g/mol.